The highest BCUT2D eigenvalue weighted by molar-refractivity contribution is 9.10. The van der Waals surface area contributed by atoms with Gasteiger partial charge < -0.3 is 10.6 Å². The molecule has 0 bridgehead atoms. The number of benzene rings is 1. The van der Waals surface area contributed by atoms with Gasteiger partial charge >= 0.3 is 0 Å². The van der Waals surface area contributed by atoms with Crippen LogP contribution in [0.5, 0.6) is 0 Å². The minimum absolute atomic E-state index is 0.597. The molecule has 1 aliphatic rings. The normalized spacial score (nSPS) is 19.4. The molecular formula is C15H24BrN3. The van der Waals surface area contributed by atoms with Crippen molar-refractivity contribution in [3.63, 3.8) is 0 Å². The van der Waals surface area contributed by atoms with Crippen molar-refractivity contribution < 1.29 is 0 Å². The number of halogens is 1. The Labute approximate surface area is 124 Å². The fourth-order valence-corrected chi connectivity index (χ4v) is 3.48. The fraction of sp³-hybridized carbons (Fsp3) is 0.600. The Morgan fingerprint density at radius 2 is 2.05 bits per heavy atom. The summed E-state index contributed by atoms with van der Waals surface area (Å²) in [7, 11) is 0. The number of hydrogen-bond donors (Lipinski definition) is 1. The van der Waals surface area contributed by atoms with Crippen LogP contribution in [0, 0.1) is 0 Å². The summed E-state index contributed by atoms with van der Waals surface area (Å²) in [5, 5.41) is 0. The van der Waals surface area contributed by atoms with Crippen LogP contribution in [0.25, 0.3) is 0 Å². The first-order valence-electron chi connectivity index (χ1n) is 7.16. The number of nitrogens with zero attached hydrogens (tertiary/aromatic N) is 2. The van der Waals surface area contributed by atoms with E-state index in [0.29, 0.717) is 12.6 Å². The van der Waals surface area contributed by atoms with Crippen molar-refractivity contribution in [2.45, 2.75) is 32.9 Å². The van der Waals surface area contributed by atoms with E-state index in [1.54, 1.807) is 0 Å². The van der Waals surface area contributed by atoms with Crippen LogP contribution in [0.4, 0.5) is 5.69 Å². The fourth-order valence-electron chi connectivity index (χ4n) is 2.95. The monoisotopic (exact) mass is 325 g/mol. The Hall–Kier alpha value is -0.580. The molecule has 1 atom stereocenters. The second-order valence-corrected chi connectivity index (χ2v) is 6.05. The van der Waals surface area contributed by atoms with Gasteiger partial charge in [0.25, 0.3) is 0 Å². The molecule has 1 aromatic carbocycles. The van der Waals surface area contributed by atoms with Gasteiger partial charge in [0.05, 0.1) is 0 Å². The molecule has 4 heteroatoms. The highest BCUT2D eigenvalue weighted by Crippen LogP contribution is 2.27. The molecule has 1 saturated heterocycles. The lowest BCUT2D eigenvalue weighted by atomic mass is 10.2. The molecule has 0 saturated carbocycles. The van der Waals surface area contributed by atoms with Gasteiger partial charge in [0.1, 0.15) is 0 Å². The molecule has 2 N–H and O–H groups in total. The average Bonchev–Trinajstić information content (AvgIpc) is 2.89. The van der Waals surface area contributed by atoms with Gasteiger partial charge in [-0.05, 0) is 43.3 Å². The number of likely N-dealkylation sites (N-methyl/N-ethyl adjacent to an activating group) is 1. The van der Waals surface area contributed by atoms with Crippen molar-refractivity contribution in [3.05, 3.63) is 28.2 Å². The molecule has 1 unspecified atom stereocenters. The number of anilines is 1. The SMILES string of the molecule is CCN(CC)C1CCN(c2cc(Br)cc(CN)c2)C1. The van der Waals surface area contributed by atoms with Crippen molar-refractivity contribution >= 4 is 21.6 Å². The van der Waals surface area contributed by atoms with E-state index < -0.39 is 0 Å². The summed E-state index contributed by atoms with van der Waals surface area (Å²) in [4.78, 5) is 5.04. The Morgan fingerprint density at radius 3 is 2.68 bits per heavy atom. The third-order valence-electron chi connectivity index (χ3n) is 4.04. The Bertz CT molecular complexity index is 418. The van der Waals surface area contributed by atoms with Crippen LogP contribution in [0.15, 0.2) is 22.7 Å². The Kier molecular flexibility index (Phi) is 5.25. The maximum atomic E-state index is 5.76. The highest BCUT2D eigenvalue weighted by atomic mass is 79.9. The van der Waals surface area contributed by atoms with Gasteiger partial charge in [0.2, 0.25) is 0 Å². The first-order valence-corrected chi connectivity index (χ1v) is 7.95. The lowest BCUT2D eigenvalue weighted by Gasteiger charge is -2.27. The van der Waals surface area contributed by atoms with E-state index in [1.165, 1.54) is 17.7 Å². The third kappa shape index (κ3) is 3.50. The van der Waals surface area contributed by atoms with Crippen LogP contribution in [0.2, 0.25) is 0 Å². The second kappa shape index (κ2) is 6.73. The van der Waals surface area contributed by atoms with Gasteiger partial charge in [0, 0.05) is 35.8 Å². The molecule has 1 fully saturated rings. The molecule has 0 spiro atoms. The number of rotatable bonds is 5. The van der Waals surface area contributed by atoms with E-state index in [9.17, 15) is 0 Å². The Morgan fingerprint density at radius 1 is 1.32 bits per heavy atom. The first kappa shape index (κ1) is 14.8. The molecule has 1 aliphatic heterocycles. The molecule has 2 rings (SSSR count). The summed E-state index contributed by atoms with van der Waals surface area (Å²) in [6.07, 6.45) is 1.26. The van der Waals surface area contributed by atoms with Crippen LogP contribution in [0.3, 0.4) is 0 Å². The van der Waals surface area contributed by atoms with E-state index in [-0.39, 0.29) is 0 Å². The summed E-state index contributed by atoms with van der Waals surface area (Å²) < 4.78 is 1.12. The van der Waals surface area contributed by atoms with E-state index in [0.717, 1.165) is 30.7 Å². The largest absolute Gasteiger partial charge is 0.370 e. The summed E-state index contributed by atoms with van der Waals surface area (Å²) in [5.41, 5.74) is 8.24. The number of hydrogen-bond acceptors (Lipinski definition) is 3. The van der Waals surface area contributed by atoms with Crippen molar-refractivity contribution in [2.75, 3.05) is 31.1 Å². The van der Waals surface area contributed by atoms with Gasteiger partial charge in [-0.25, -0.2) is 0 Å². The van der Waals surface area contributed by atoms with Gasteiger partial charge in [-0.2, -0.15) is 0 Å². The molecule has 3 nitrogen and oxygen atoms in total. The van der Waals surface area contributed by atoms with Crippen LogP contribution in [-0.2, 0) is 6.54 Å². The van der Waals surface area contributed by atoms with Gasteiger partial charge in [-0.3, -0.25) is 4.90 Å². The molecule has 106 valence electrons. The molecule has 1 aromatic rings. The maximum Gasteiger partial charge on any atom is 0.0381 e. The summed E-state index contributed by atoms with van der Waals surface area (Å²) in [6, 6.07) is 7.20. The predicted octanol–water partition coefficient (Wildman–Crippen LogP) is 2.83. The zero-order valence-corrected chi connectivity index (χ0v) is 13.5. The average molecular weight is 326 g/mol. The van der Waals surface area contributed by atoms with E-state index in [4.69, 9.17) is 5.73 Å². The summed E-state index contributed by atoms with van der Waals surface area (Å²) in [5.74, 6) is 0. The highest BCUT2D eigenvalue weighted by Gasteiger charge is 2.26. The van der Waals surface area contributed by atoms with Crippen LogP contribution >= 0.6 is 15.9 Å². The first-order chi connectivity index (χ1) is 9.17. The zero-order chi connectivity index (χ0) is 13.8. The van der Waals surface area contributed by atoms with Crippen LogP contribution in [0.1, 0.15) is 25.8 Å². The maximum absolute atomic E-state index is 5.76. The third-order valence-corrected chi connectivity index (χ3v) is 4.49. The van der Waals surface area contributed by atoms with Crippen molar-refractivity contribution in [3.8, 4) is 0 Å². The molecule has 1 heterocycles. The number of nitrogens with two attached hydrogens (primary N) is 1. The summed E-state index contributed by atoms with van der Waals surface area (Å²) >= 11 is 3.58. The minimum Gasteiger partial charge on any atom is -0.370 e. The van der Waals surface area contributed by atoms with E-state index in [2.05, 4.69) is 57.8 Å². The smallest absolute Gasteiger partial charge is 0.0381 e. The van der Waals surface area contributed by atoms with E-state index in [1.807, 2.05) is 0 Å². The molecular weight excluding hydrogens is 302 g/mol. The zero-order valence-electron chi connectivity index (χ0n) is 11.9. The minimum atomic E-state index is 0.597. The Balaban J connectivity index is 2.10. The van der Waals surface area contributed by atoms with E-state index >= 15 is 0 Å². The molecule has 0 amide bonds. The van der Waals surface area contributed by atoms with Crippen molar-refractivity contribution in [1.29, 1.82) is 0 Å². The topological polar surface area (TPSA) is 32.5 Å². The molecule has 0 radical (unpaired) electrons. The quantitative estimate of drug-likeness (QED) is 0.903. The van der Waals surface area contributed by atoms with Crippen LogP contribution in [-0.4, -0.2) is 37.1 Å². The molecule has 0 aliphatic carbocycles. The van der Waals surface area contributed by atoms with Gasteiger partial charge in [-0.1, -0.05) is 29.8 Å². The second-order valence-electron chi connectivity index (χ2n) is 5.13. The van der Waals surface area contributed by atoms with Gasteiger partial charge in [0.15, 0.2) is 0 Å². The lowest BCUT2D eigenvalue weighted by molar-refractivity contribution is 0.232. The van der Waals surface area contributed by atoms with Gasteiger partial charge in [-0.15, -0.1) is 0 Å². The lowest BCUT2D eigenvalue weighted by Crippen LogP contribution is -2.37. The molecule has 0 aromatic heterocycles. The van der Waals surface area contributed by atoms with Crippen molar-refractivity contribution in [2.24, 2.45) is 5.73 Å². The van der Waals surface area contributed by atoms with Crippen molar-refractivity contribution in [1.82, 2.24) is 4.90 Å². The molecule has 19 heavy (non-hydrogen) atoms. The van der Waals surface area contributed by atoms with Crippen LogP contribution < -0.4 is 10.6 Å². The summed E-state index contributed by atoms with van der Waals surface area (Å²) in [6.45, 7) is 9.64. The standard InChI is InChI=1S/C15H24BrN3/c1-3-18(4-2)14-5-6-19(11-14)15-8-12(10-17)7-13(16)9-15/h7-9,14H,3-6,10-11,17H2,1-2H3. The predicted molar refractivity (Wildman–Crippen MR) is 85.6 cm³/mol.